The Hall–Kier alpha value is -4.59. The predicted molar refractivity (Wildman–Crippen MR) is 229 cm³/mol. The zero-order valence-corrected chi connectivity index (χ0v) is 35.4. The minimum Gasteiger partial charge on any atom is -0.460 e. The first-order valence-corrected chi connectivity index (χ1v) is 22.3. The fraction of sp³-hybridized carbons (Fsp3) is 0.447. The lowest BCUT2D eigenvalue weighted by molar-refractivity contribution is -0.250. The number of likely N-dealkylation sites (N-methyl/N-ethyl adjacent to an activating group) is 1. The molecule has 6 atom stereocenters. The van der Waals surface area contributed by atoms with Crippen LogP contribution in [0.4, 0.5) is 0 Å². The summed E-state index contributed by atoms with van der Waals surface area (Å²) >= 11 is 0. The van der Waals surface area contributed by atoms with Gasteiger partial charge in [-0.1, -0.05) is 54.4 Å². The number of pyridine rings is 1. The second-order valence-corrected chi connectivity index (χ2v) is 17.9. The molecule has 3 aromatic carbocycles. The topological polar surface area (TPSA) is 140 Å². The number of aryl methyl sites for hydroxylation is 2. The zero-order valence-electron chi connectivity index (χ0n) is 34.5. The number of aliphatic hydroxyl groups excluding tert-OH is 2. The Morgan fingerprint density at radius 2 is 1.73 bits per heavy atom. The number of rotatable bonds is 18. The third-order valence-electron chi connectivity index (χ3n) is 12.4. The number of sulfonamides is 1. The van der Waals surface area contributed by atoms with Gasteiger partial charge in [-0.2, -0.15) is 4.31 Å². The number of benzene rings is 3. The van der Waals surface area contributed by atoms with Crippen molar-refractivity contribution in [3.05, 3.63) is 114 Å². The van der Waals surface area contributed by atoms with Gasteiger partial charge in [-0.15, -0.1) is 6.58 Å². The van der Waals surface area contributed by atoms with E-state index in [0.29, 0.717) is 47.6 Å². The van der Waals surface area contributed by atoms with Gasteiger partial charge in [0.25, 0.3) is 0 Å². The molecular formula is C47H57N3O8S. The summed E-state index contributed by atoms with van der Waals surface area (Å²) in [5.74, 6) is -0.292. The molecule has 1 aromatic heterocycles. The molecule has 0 spiro atoms. The van der Waals surface area contributed by atoms with Gasteiger partial charge in [-0.05, 0) is 117 Å². The maximum atomic E-state index is 15.1. The van der Waals surface area contributed by atoms with Crippen molar-refractivity contribution in [2.75, 3.05) is 33.5 Å². The average molecular weight is 824 g/mol. The molecule has 0 unspecified atom stereocenters. The van der Waals surface area contributed by atoms with Gasteiger partial charge in [-0.3, -0.25) is 4.98 Å². The number of para-hydroxylation sites is 1. The number of aliphatic hydroxyl groups is 2. The number of nitrogens with zero attached hydrogens (tertiary/aromatic N) is 3. The SMILES string of the molecule is C=CCO[C@@]12Oc3ccc(Oc4ccc(C)c(C)c4)cc3[C@H]3[C@H](CCCCO)[C@@H](CCCCO)C=C(C(=NOCC)C[C@@H]1N(C)S(=O)(=O)c1cccc4cccnc14)[C@H]32. The standard InChI is InChI=1S/C47H57N3O8S/c1-6-26-55-47-43(50(5)59(53,54)42-18-12-15-33-16-13-23-48-46(33)42)30-40(49-56-7-2)38-28-34(14-8-10-24-51)37(17-9-11-25-52)44(45(38)47)39-29-36(21-22-41(39)58-47)57-35-20-19-31(3)32(4)27-35/h6,12-13,15-16,18-23,27-29,34,37,43-45,51-52H,1,7-11,14,17,24-26,30H2,2-5H3/t34-,37+,43-,44+,45+,47+/m0/s1. The van der Waals surface area contributed by atoms with Gasteiger partial charge in [0.15, 0.2) is 0 Å². The molecule has 3 aliphatic rings. The van der Waals surface area contributed by atoms with Crippen LogP contribution in [-0.2, 0) is 19.6 Å². The van der Waals surface area contributed by atoms with E-state index in [4.69, 9.17) is 24.2 Å². The number of aromatic nitrogens is 1. The van der Waals surface area contributed by atoms with E-state index in [1.54, 1.807) is 37.5 Å². The largest absolute Gasteiger partial charge is 0.460 e. The Labute approximate surface area is 348 Å². The number of ether oxygens (including phenoxy) is 3. The van der Waals surface area contributed by atoms with Gasteiger partial charge in [-0.25, -0.2) is 8.42 Å². The molecule has 1 saturated carbocycles. The number of oxime groups is 1. The van der Waals surface area contributed by atoms with E-state index in [-0.39, 0.29) is 48.9 Å². The highest BCUT2D eigenvalue weighted by molar-refractivity contribution is 7.89. The van der Waals surface area contributed by atoms with Crippen molar-refractivity contribution in [1.82, 2.24) is 9.29 Å². The average Bonchev–Trinajstić information content (AvgIpc) is 3.24. The molecule has 0 amide bonds. The number of fused-ring (bicyclic) bond motifs is 3. The van der Waals surface area contributed by atoms with E-state index in [1.807, 2.05) is 49.4 Å². The molecule has 1 aliphatic heterocycles. The molecule has 0 saturated heterocycles. The fourth-order valence-corrected chi connectivity index (χ4v) is 11.0. The summed E-state index contributed by atoms with van der Waals surface area (Å²) in [4.78, 5) is 10.4. The van der Waals surface area contributed by atoms with Gasteiger partial charge in [0, 0.05) is 49.7 Å². The third-order valence-corrected chi connectivity index (χ3v) is 14.3. The monoisotopic (exact) mass is 823 g/mol. The van der Waals surface area contributed by atoms with Crippen molar-refractivity contribution in [2.45, 2.75) is 88.4 Å². The summed E-state index contributed by atoms with van der Waals surface area (Å²) in [6.45, 7) is 10.6. The molecule has 11 nitrogen and oxygen atoms in total. The Balaban J connectivity index is 1.45. The molecule has 59 heavy (non-hydrogen) atoms. The number of allylic oxidation sites excluding steroid dienone is 1. The van der Waals surface area contributed by atoms with E-state index in [2.05, 4.69) is 37.6 Å². The molecular weight excluding hydrogens is 767 g/mol. The van der Waals surface area contributed by atoms with Crippen molar-refractivity contribution in [2.24, 2.45) is 22.9 Å². The maximum absolute atomic E-state index is 15.1. The lowest BCUT2D eigenvalue weighted by atomic mass is 9.55. The second kappa shape index (κ2) is 18.4. The van der Waals surface area contributed by atoms with Crippen molar-refractivity contribution < 1.29 is 37.7 Å². The van der Waals surface area contributed by atoms with Crippen LogP contribution in [0.2, 0.25) is 0 Å². The van der Waals surface area contributed by atoms with Gasteiger partial charge in [0.2, 0.25) is 15.8 Å². The molecule has 4 aromatic rings. The van der Waals surface area contributed by atoms with Gasteiger partial charge < -0.3 is 29.3 Å². The summed E-state index contributed by atoms with van der Waals surface area (Å²) in [5.41, 5.74) is 5.14. The third kappa shape index (κ3) is 8.30. The highest BCUT2D eigenvalue weighted by Gasteiger charge is 2.65. The molecule has 2 heterocycles. The molecule has 7 rings (SSSR count). The molecule has 1 fully saturated rings. The summed E-state index contributed by atoms with van der Waals surface area (Å²) in [6, 6.07) is 19.8. The lowest BCUT2D eigenvalue weighted by Gasteiger charge is -2.59. The highest BCUT2D eigenvalue weighted by Crippen LogP contribution is 2.62. The number of unbranched alkanes of at least 4 members (excludes halogenated alkanes) is 2. The Morgan fingerprint density at radius 3 is 2.47 bits per heavy atom. The van der Waals surface area contributed by atoms with Crippen LogP contribution in [-0.4, -0.2) is 78.9 Å². The fourth-order valence-electron chi connectivity index (χ4n) is 9.43. The predicted octanol–water partition coefficient (Wildman–Crippen LogP) is 8.62. The molecule has 12 heteroatoms. The highest BCUT2D eigenvalue weighted by atomic mass is 32.2. The molecule has 314 valence electrons. The molecule has 0 radical (unpaired) electrons. The van der Waals surface area contributed by atoms with Crippen LogP contribution in [0.5, 0.6) is 17.2 Å². The van der Waals surface area contributed by atoms with Crippen LogP contribution in [0.3, 0.4) is 0 Å². The molecule has 2 N–H and O–H groups in total. The minimum absolute atomic E-state index is 0.0245. The van der Waals surface area contributed by atoms with E-state index in [1.165, 1.54) is 9.87 Å². The van der Waals surface area contributed by atoms with Crippen LogP contribution >= 0.6 is 0 Å². The smallest absolute Gasteiger partial charge is 0.245 e. The summed E-state index contributed by atoms with van der Waals surface area (Å²) < 4.78 is 52.3. The minimum atomic E-state index is -4.23. The Morgan fingerprint density at radius 1 is 0.983 bits per heavy atom. The normalized spacial score (nSPS) is 24.3. The zero-order chi connectivity index (χ0) is 41.7. The summed E-state index contributed by atoms with van der Waals surface area (Å²) in [6.07, 6.45) is 10.2. The van der Waals surface area contributed by atoms with Gasteiger partial charge >= 0.3 is 0 Å². The summed E-state index contributed by atoms with van der Waals surface area (Å²) in [7, 11) is -2.65. The van der Waals surface area contributed by atoms with E-state index in [9.17, 15) is 10.2 Å². The quantitative estimate of drug-likeness (QED) is 0.0574. The van der Waals surface area contributed by atoms with Gasteiger partial charge in [0.05, 0.1) is 29.8 Å². The molecule has 2 aliphatic carbocycles. The van der Waals surface area contributed by atoms with Crippen LogP contribution in [0.25, 0.3) is 10.9 Å². The number of hydrogen-bond donors (Lipinski definition) is 2. The first-order valence-electron chi connectivity index (χ1n) is 20.8. The van der Waals surface area contributed by atoms with Crippen molar-refractivity contribution in [3.63, 3.8) is 0 Å². The van der Waals surface area contributed by atoms with E-state index in [0.717, 1.165) is 48.1 Å². The Kier molecular flexibility index (Phi) is 13.2. The van der Waals surface area contributed by atoms with E-state index >= 15 is 8.42 Å². The van der Waals surface area contributed by atoms with Crippen molar-refractivity contribution >= 4 is 26.6 Å². The van der Waals surface area contributed by atoms with Crippen LogP contribution in [0.1, 0.15) is 74.5 Å². The first kappa shape index (κ1) is 42.5. The van der Waals surface area contributed by atoms with Crippen molar-refractivity contribution in [1.29, 1.82) is 0 Å². The molecule has 0 bridgehead atoms. The van der Waals surface area contributed by atoms with Crippen LogP contribution in [0.15, 0.2) is 107 Å². The Bertz CT molecular complexity index is 2310. The summed E-state index contributed by atoms with van der Waals surface area (Å²) in [5, 5.41) is 25.2. The van der Waals surface area contributed by atoms with E-state index < -0.39 is 27.8 Å². The van der Waals surface area contributed by atoms with Gasteiger partial charge in [0.1, 0.15) is 28.8 Å². The maximum Gasteiger partial charge on any atom is 0.245 e. The van der Waals surface area contributed by atoms with Crippen molar-refractivity contribution in [3.8, 4) is 17.2 Å². The van der Waals surface area contributed by atoms with Crippen LogP contribution in [0, 0.1) is 31.6 Å². The lowest BCUT2D eigenvalue weighted by Crippen LogP contribution is -2.69. The van der Waals surface area contributed by atoms with Crippen LogP contribution < -0.4 is 9.47 Å². The first-order chi connectivity index (χ1) is 28.6. The second-order valence-electron chi connectivity index (χ2n) is 15.9. The number of hydrogen-bond acceptors (Lipinski definition) is 10.